The van der Waals surface area contributed by atoms with E-state index in [-0.39, 0.29) is 9.79 Å². The average Bonchev–Trinajstić information content (AvgIpc) is 2.30. The third kappa shape index (κ3) is 2.46. The molecule has 0 spiro atoms. The molecule has 2 rings (SSSR count). The molecule has 0 radical (unpaired) electrons. The Kier molecular flexibility index (Phi) is 3.15. The van der Waals surface area contributed by atoms with E-state index in [1.165, 1.54) is 24.3 Å². The van der Waals surface area contributed by atoms with Crippen LogP contribution in [-0.2, 0) is 0 Å². The molecule has 2 nitrogen and oxygen atoms in total. The van der Waals surface area contributed by atoms with E-state index in [1.807, 2.05) is 0 Å². The first-order valence-electron chi connectivity index (χ1n) is 4.79. The van der Waals surface area contributed by atoms with Crippen LogP contribution in [0.5, 0.6) is 0 Å². The lowest BCUT2D eigenvalue weighted by Crippen LogP contribution is -1.99. The summed E-state index contributed by atoms with van der Waals surface area (Å²) in [5.41, 5.74) is 0. The summed E-state index contributed by atoms with van der Waals surface area (Å²) in [5, 5.41) is 0. The summed E-state index contributed by atoms with van der Waals surface area (Å²) in [6.45, 7) is 0. The summed E-state index contributed by atoms with van der Waals surface area (Å²) in [5.74, 6) is -0.911. The molecule has 0 saturated carbocycles. The Bertz CT molecular complexity index is 462. The Hall–Kier alpha value is -1.43. The summed E-state index contributed by atoms with van der Waals surface area (Å²) >= 11 is 0. The maximum atomic E-state index is 12.7. The number of hydrogen-bond acceptors (Lipinski definition) is 2. The van der Waals surface area contributed by atoms with Gasteiger partial charge in [-0.1, -0.05) is 0 Å². The number of hydrogen-bond donors (Lipinski definition) is 2. The van der Waals surface area contributed by atoms with Crippen molar-refractivity contribution in [2.45, 2.75) is 9.79 Å². The highest BCUT2D eigenvalue weighted by molar-refractivity contribution is 8.24. The fraction of sp³-hybridized carbons (Fsp3) is 0. The topological polar surface area (TPSA) is 40.5 Å². The van der Waals surface area contributed by atoms with E-state index in [9.17, 15) is 17.9 Å². The largest absolute Gasteiger partial charge is 0.290 e. The van der Waals surface area contributed by atoms with E-state index in [0.717, 1.165) is 24.3 Å². The molecule has 0 amide bonds. The van der Waals surface area contributed by atoms with Gasteiger partial charge in [0.15, 0.2) is 0 Å². The predicted octanol–water partition coefficient (Wildman–Crippen LogP) is 4.13. The lowest BCUT2D eigenvalue weighted by atomic mass is 10.3. The smallest absolute Gasteiger partial charge is 0.123 e. The van der Waals surface area contributed by atoms with Gasteiger partial charge in [0.05, 0.1) is 9.79 Å². The van der Waals surface area contributed by atoms with Gasteiger partial charge in [0.25, 0.3) is 0 Å². The summed E-state index contributed by atoms with van der Waals surface area (Å²) in [6.07, 6.45) is 0. The van der Waals surface area contributed by atoms with Crippen molar-refractivity contribution in [1.29, 1.82) is 0 Å². The van der Waals surface area contributed by atoms with Gasteiger partial charge in [-0.15, -0.1) is 10.6 Å². The Morgan fingerprint density at radius 2 is 0.941 bits per heavy atom. The molecular weight excluding hydrogens is 246 g/mol. The zero-order chi connectivity index (χ0) is 12.5. The first-order chi connectivity index (χ1) is 8.00. The minimum atomic E-state index is -3.21. The normalized spacial score (nSPS) is 12.5. The van der Waals surface area contributed by atoms with Gasteiger partial charge >= 0.3 is 0 Å². The quantitative estimate of drug-likeness (QED) is 0.848. The van der Waals surface area contributed by atoms with Crippen LogP contribution in [0.25, 0.3) is 0 Å². The van der Waals surface area contributed by atoms with Crippen LogP contribution in [0.3, 0.4) is 0 Å². The van der Waals surface area contributed by atoms with Crippen molar-refractivity contribution in [1.82, 2.24) is 0 Å². The van der Waals surface area contributed by atoms with Crippen molar-refractivity contribution < 1.29 is 17.9 Å². The van der Waals surface area contributed by atoms with E-state index in [1.54, 1.807) is 0 Å². The van der Waals surface area contributed by atoms with Crippen molar-refractivity contribution in [2.24, 2.45) is 0 Å². The molecular formula is C12H10F2O2S. The SMILES string of the molecule is OS(O)(c1ccc(F)cc1)c1ccc(F)cc1. The third-order valence-corrected chi connectivity index (χ3v) is 4.14. The second-order valence-corrected chi connectivity index (χ2v) is 5.50. The highest BCUT2D eigenvalue weighted by atomic mass is 32.3. The molecule has 0 atom stereocenters. The Morgan fingerprint density at radius 3 is 1.24 bits per heavy atom. The van der Waals surface area contributed by atoms with Gasteiger partial charge in [-0.05, 0) is 48.5 Å². The van der Waals surface area contributed by atoms with Crippen LogP contribution in [0.1, 0.15) is 0 Å². The van der Waals surface area contributed by atoms with Gasteiger partial charge < -0.3 is 0 Å². The standard InChI is InChI=1S/C12H10F2O2S/c13-9-1-5-11(6-2-9)17(15,16)12-7-3-10(14)4-8-12/h1-8,15-16H. The van der Waals surface area contributed by atoms with E-state index >= 15 is 0 Å². The first-order valence-corrected chi connectivity index (χ1v) is 6.34. The van der Waals surface area contributed by atoms with Crippen molar-refractivity contribution >= 4 is 10.6 Å². The van der Waals surface area contributed by atoms with Crippen LogP contribution in [0, 0.1) is 11.6 Å². The highest BCUT2D eigenvalue weighted by Crippen LogP contribution is 2.55. The lowest BCUT2D eigenvalue weighted by Gasteiger charge is -2.32. The highest BCUT2D eigenvalue weighted by Gasteiger charge is 2.18. The molecule has 17 heavy (non-hydrogen) atoms. The summed E-state index contributed by atoms with van der Waals surface area (Å²) in [6, 6.07) is 9.78. The summed E-state index contributed by atoms with van der Waals surface area (Å²) < 4.78 is 45.5. The molecule has 2 aromatic carbocycles. The van der Waals surface area contributed by atoms with Gasteiger partial charge in [-0.2, -0.15) is 0 Å². The minimum absolute atomic E-state index is 0.200. The fourth-order valence-electron chi connectivity index (χ4n) is 1.38. The van der Waals surface area contributed by atoms with Crippen LogP contribution >= 0.6 is 10.6 Å². The molecule has 90 valence electrons. The van der Waals surface area contributed by atoms with Crippen molar-refractivity contribution in [2.75, 3.05) is 0 Å². The molecule has 2 N–H and O–H groups in total. The zero-order valence-corrected chi connectivity index (χ0v) is 9.49. The molecule has 0 aromatic heterocycles. The first kappa shape index (κ1) is 12.0. The molecule has 0 saturated heterocycles. The van der Waals surface area contributed by atoms with Crippen LogP contribution in [0.2, 0.25) is 0 Å². The summed E-state index contributed by atoms with van der Waals surface area (Å²) in [7, 11) is -3.21. The van der Waals surface area contributed by atoms with Gasteiger partial charge in [-0.25, -0.2) is 8.78 Å². The van der Waals surface area contributed by atoms with E-state index in [4.69, 9.17) is 0 Å². The molecule has 0 bridgehead atoms. The van der Waals surface area contributed by atoms with Gasteiger partial charge in [0, 0.05) is 0 Å². The summed E-state index contributed by atoms with van der Waals surface area (Å²) in [4.78, 5) is 0.399. The van der Waals surface area contributed by atoms with Gasteiger partial charge in [0.1, 0.15) is 11.6 Å². The fourth-order valence-corrected chi connectivity index (χ4v) is 2.69. The van der Waals surface area contributed by atoms with E-state index < -0.39 is 22.2 Å². The van der Waals surface area contributed by atoms with Crippen molar-refractivity contribution in [3.8, 4) is 0 Å². The second kappa shape index (κ2) is 4.44. The zero-order valence-electron chi connectivity index (χ0n) is 8.68. The predicted molar refractivity (Wildman–Crippen MR) is 62.2 cm³/mol. The van der Waals surface area contributed by atoms with E-state index in [2.05, 4.69) is 0 Å². The number of halogens is 2. The molecule has 5 heteroatoms. The molecule has 0 heterocycles. The molecule has 2 aromatic rings. The Balaban J connectivity index is 2.41. The monoisotopic (exact) mass is 256 g/mol. The molecule has 0 unspecified atom stereocenters. The number of rotatable bonds is 2. The Morgan fingerprint density at radius 1 is 0.647 bits per heavy atom. The van der Waals surface area contributed by atoms with Crippen LogP contribution in [0.4, 0.5) is 8.78 Å². The number of benzene rings is 2. The van der Waals surface area contributed by atoms with Crippen LogP contribution < -0.4 is 0 Å². The Labute approximate surface area is 98.9 Å². The molecule has 0 fully saturated rings. The maximum absolute atomic E-state index is 12.7. The van der Waals surface area contributed by atoms with Gasteiger partial charge in [-0.3, -0.25) is 9.11 Å². The third-order valence-electron chi connectivity index (χ3n) is 2.28. The molecule has 0 aliphatic carbocycles. The minimum Gasteiger partial charge on any atom is -0.290 e. The molecule has 0 aliphatic rings. The van der Waals surface area contributed by atoms with Gasteiger partial charge in [0.2, 0.25) is 0 Å². The van der Waals surface area contributed by atoms with Crippen LogP contribution in [-0.4, -0.2) is 9.11 Å². The lowest BCUT2D eigenvalue weighted by molar-refractivity contribution is 0.486. The van der Waals surface area contributed by atoms with Crippen molar-refractivity contribution in [3.63, 3.8) is 0 Å². The van der Waals surface area contributed by atoms with Crippen molar-refractivity contribution in [3.05, 3.63) is 60.2 Å². The van der Waals surface area contributed by atoms with Crippen LogP contribution in [0.15, 0.2) is 58.3 Å². The maximum Gasteiger partial charge on any atom is 0.123 e. The van der Waals surface area contributed by atoms with E-state index in [0.29, 0.717) is 0 Å². The molecule has 0 aliphatic heterocycles. The second-order valence-electron chi connectivity index (χ2n) is 3.46. The average molecular weight is 256 g/mol.